The zero-order valence-corrected chi connectivity index (χ0v) is 8.72. The van der Waals surface area contributed by atoms with E-state index in [4.69, 9.17) is 34.0 Å². The van der Waals surface area contributed by atoms with Crippen molar-refractivity contribution < 1.29 is 9.90 Å². The number of nitrogens with two attached hydrogens (primary N) is 1. The normalized spacial score (nSPS) is 12.5. The molecule has 0 aliphatic heterocycles. The molecule has 5 heteroatoms. The number of benzene rings is 1. The Hall–Kier alpha value is -0.770. The summed E-state index contributed by atoms with van der Waals surface area (Å²) in [6, 6.07) is 4.18. The van der Waals surface area contributed by atoms with Gasteiger partial charge in [-0.2, -0.15) is 0 Å². The summed E-state index contributed by atoms with van der Waals surface area (Å²) < 4.78 is 0. The first-order chi connectivity index (χ1) is 6.50. The zero-order chi connectivity index (χ0) is 10.7. The summed E-state index contributed by atoms with van der Waals surface area (Å²) in [6.07, 6.45) is -0.167. The molecule has 1 rings (SSSR count). The molecular formula is C9H9Cl2NO2. The standard InChI is InChI=1S/C9H9Cl2NO2/c10-5-1-2-7(11)6(3-5)8(12)4-9(13)14/h1-3,8H,4,12H2,(H,13,14)/t8-/m0/s1. The first-order valence-electron chi connectivity index (χ1n) is 3.93. The van der Waals surface area contributed by atoms with Crippen molar-refractivity contribution in [3.63, 3.8) is 0 Å². The molecule has 0 unspecified atom stereocenters. The van der Waals surface area contributed by atoms with Crippen LogP contribution in [-0.2, 0) is 4.79 Å². The number of halogens is 2. The third-order valence-corrected chi connectivity index (χ3v) is 2.33. The maximum Gasteiger partial charge on any atom is 0.305 e. The molecule has 76 valence electrons. The smallest absolute Gasteiger partial charge is 0.305 e. The van der Waals surface area contributed by atoms with Gasteiger partial charge < -0.3 is 10.8 Å². The average Bonchev–Trinajstić information content (AvgIpc) is 2.08. The van der Waals surface area contributed by atoms with E-state index in [9.17, 15) is 4.79 Å². The summed E-state index contributed by atoms with van der Waals surface area (Å²) in [4.78, 5) is 10.4. The van der Waals surface area contributed by atoms with Gasteiger partial charge in [0.25, 0.3) is 0 Å². The third kappa shape index (κ3) is 2.87. The van der Waals surface area contributed by atoms with Crippen LogP contribution in [0.15, 0.2) is 18.2 Å². The van der Waals surface area contributed by atoms with E-state index in [0.717, 1.165) is 0 Å². The van der Waals surface area contributed by atoms with Gasteiger partial charge in [0, 0.05) is 16.1 Å². The zero-order valence-electron chi connectivity index (χ0n) is 7.21. The van der Waals surface area contributed by atoms with E-state index >= 15 is 0 Å². The lowest BCUT2D eigenvalue weighted by Gasteiger charge is -2.11. The summed E-state index contributed by atoms with van der Waals surface area (Å²) in [5, 5.41) is 9.47. The number of carboxylic acids is 1. The van der Waals surface area contributed by atoms with E-state index in [-0.39, 0.29) is 6.42 Å². The molecule has 0 saturated heterocycles. The van der Waals surface area contributed by atoms with Gasteiger partial charge in [-0.25, -0.2) is 0 Å². The van der Waals surface area contributed by atoms with E-state index in [1.165, 1.54) is 0 Å². The van der Waals surface area contributed by atoms with Gasteiger partial charge >= 0.3 is 5.97 Å². The number of carboxylic acid groups (broad SMARTS) is 1. The molecule has 3 N–H and O–H groups in total. The van der Waals surface area contributed by atoms with Gasteiger partial charge in [0.1, 0.15) is 0 Å². The predicted molar refractivity (Wildman–Crippen MR) is 55.6 cm³/mol. The first kappa shape index (κ1) is 11.3. The van der Waals surface area contributed by atoms with Crippen molar-refractivity contribution in [1.82, 2.24) is 0 Å². The number of hydrogen-bond acceptors (Lipinski definition) is 2. The Morgan fingerprint density at radius 1 is 1.50 bits per heavy atom. The monoisotopic (exact) mass is 233 g/mol. The lowest BCUT2D eigenvalue weighted by molar-refractivity contribution is -0.137. The van der Waals surface area contributed by atoms with Crippen molar-refractivity contribution in [3.8, 4) is 0 Å². The minimum atomic E-state index is -0.964. The molecule has 0 aliphatic rings. The van der Waals surface area contributed by atoms with Crippen LogP contribution in [0.3, 0.4) is 0 Å². The van der Waals surface area contributed by atoms with Crippen LogP contribution in [0.25, 0.3) is 0 Å². The van der Waals surface area contributed by atoms with Crippen molar-refractivity contribution in [2.45, 2.75) is 12.5 Å². The molecule has 0 heterocycles. The summed E-state index contributed by atoms with van der Waals surface area (Å²) >= 11 is 11.6. The molecule has 0 radical (unpaired) electrons. The highest BCUT2D eigenvalue weighted by Crippen LogP contribution is 2.26. The SMILES string of the molecule is N[C@@H](CC(=O)O)c1cc(Cl)ccc1Cl. The van der Waals surface area contributed by atoms with Gasteiger partial charge in [-0.1, -0.05) is 23.2 Å². The Labute approximate surface area is 91.4 Å². The van der Waals surface area contributed by atoms with Crippen LogP contribution in [0.1, 0.15) is 18.0 Å². The Morgan fingerprint density at radius 3 is 2.71 bits per heavy atom. The highest BCUT2D eigenvalue weighted by atomic mass is 35.5. The predicted octanol–water partition coefficient (Wildman–Crippen LogP) is 2.47. The summed E-state index contributed by atoms with van der Waals surface area (Å²) in [5.41, 5.74) is 6.20. The maximum atomic E-state index is 10.4. The van der Waals surface area contributed by atoms with Crippen molar-refractivity contribution >= 4 is 29.2 Å². The fourth-order valence-corrected chi connectivity index (χ4v) is 1.54. The van der Waals surface area contributed by atoms with Crippen molar-refractivity contribution in [1.29, 1.82) is 0 Å². The van der Waals surface area contributed by atoms with Gasteiger partial charge in [0.15, 0.2) is 0 Å². The van der Waals surface area contributed by atoms with Gasteiger partial charge in [-0.05, 0) is 23.8 Å². The lowest BCUT2D eigenvalue weighted by Crippen LogP contribution is -2.15. The van der Waals surface area contributed by atoms with Gasteiger partial charge in [-0.3, -0.25) is 4.79 Å². The number of rotatable bonds is 3. The van der Waals surface area contributed by atoms with E-state index in [1.54, 1.807) is 18.2 Å². The topological polar surface area (TPSA) is 63.3 Å². The van der Waals surface area contributed by atoms with Gasteiger partial charge in [0.2, 0.25) is 0 Å². The molecule has 3 nitrogen and oxygen atoms in total. The number of hydrogen-bond donors (Lipinski definition) is 2. The minimum Gasteiger partial charge on any atom is -0.481 e. The molecule has 1 atom stereocenters. The highest BCUT2D eigenvalue weighted by molar-refractivity contribution is 6.33. The quantitative estimate of drug-likeness (QED) is 0.844. The van der Waals surface area contributed by atoms with Crippen LogP contribution in [0.2, 0.25) is 10.0 Å². The fraction of sp³-hybridized carbons (Fsp3) is 0.222. The summed E-state index contributed by atoms with van der Waals surface area (Å²) in [6.45, 7) is 0. The molecule has 0 bridgehead atoms. The molecular weight excluding hydrogens is 225 g/mol. The van der Waals surface area contributed by atoms with Gasteiger partial charge in [-0.15, -0.1) is 0 Å². The van der Waals surface area contributed by atoms with E-state index in [1.807, 2.05) is 0 Å². The van der Waals surface area contributed by atoms with Crippen molar-refractivity contribution in [2.24, 2.45) is 5.73 Å². The second kappa shape index (κ2) is 4.64. The van der Waals surface area contributed by atoms with Crippen LogP contribution < -0.4 is 5.73 Å². The second-order valence-electron chi connectivity index (χ2n) is 2.87. The molecule has 0 aliphatic carbocycles. The molecule has 14 heavy (non-hydrogen) atoms. The van der Waals surface area contributed by atoms with Gasteiger partial charge in [0.05, 0.1) is 6.42 Å². The summed E-state index contributed by atoms with van der Waals surface area (Å²) in [7, 11) is 0. The van der Waals surface area contributed by atoms with Crippen LogP contribution in [0.5, 0.6) is 0 Å². The lowest BCUT2D eigenvalue weighted by atomic mass is 10.1. The molecule has 0 amide bonds. The molecule has 0 saturated carbocycles. The Bertz CT molecular complexity index is 355. The van der Waals surface area contributed by atoms with E-state index in [0.29, 0.717) is 15.6 Å². The first-order valence-corrected chi connectivity index (χ1v) is 4.68. The average molecular weight is 234 g/mol. The van der Waals surface area contributed by atoms with E-state index in [2.05, 4.69) is 0 Å². The van der Waals surface area contributed by atoms with Crippen LogP contribution >= 0.6 is 23.2 Å². The molecule has 1 aromatic rings. The van der Waals surface area contributed by atoms with Crippen LogP contribution in [-0.4, -0.2) is 11.1 Å². The fourth-order valence-electron chi connectivity index (χ4n) is 1.10. The van der Waals surface area contributed by atoms with Crippen LogP contribution in [0, 0.1) is 0 Å². The summed E-state index contributed by atoms with van der Waals surface area (Å²) in [5.74, 6) is -0.964. The van der Waals surface area contributed by atoms with E-state index < -0.39 is 12.0 Å². The Morgan fingerprint density at radius 2 is 2.14 bits per heavy atom. The largest absolute Gasteiger partial charge is 0.481 e. The second-order valence-corrected chi connectivity index (χ2v) is 3.71. The van der Waals surface area contributed by atoms with Crippen molar-refractivity contribution in [3.05, 3.63) is 33.8 Å². The highest BCUT2D eigenvalue weighted by Gasteiger charge is 2.13. The molecule has 0 spiro atoms. The molecule has 1 aromatic carbocycles. The van der Waals surface area contributed by atoms with Crippen molar-refractivity contribution in [2.75, 3.05) is 0 Å². The number of carbonyl (C=O) groups is 1. The Kier molecular flexibility index (Phi) is 3.75. The Balaban J connectivity index is 2.93. The number of aliphatic carboxylic acids is 1. The van der Waals surface area contributed by atoms with Crippen LogP contribution in [0.4, 0.5) is 0 Å². The minimum absolute atomic E-state index is 0.167. The molecule has 0 aromatic heterocycles. The molecule has 0 fully saturated rings. The third-order valence-electron chi connectivity index (χ3n) is 1.75. The maximum absolute atomic E-state index is 10.4.